The van der Waals surface area contributed by atoms with E-state index >= 15 is 0 Å². The summed E-state index contributed by atoms with van der Waals surface area (Å²) in [5.41, 5.74) is 4.19. The van der Waals surface area contributed by atoms with Crippen LogP contribution in [0.5, 0.6) is 0 Å². The summed E-state index contributed by atoms with van der Waals surface area (Å²) in [6, 6.07) is 11.0. The Hall–Kier alpha value is -0.830. The summed E-state index contributed by atoms with van der Waals surface area (Å²) in [6.07, 6.45) is 2.16. The number of aryl methyl sites for hydroxylation is 2. The van der Waals surface area contributed by atoms with Crippen LogP contribution in [-0.4, -0.2) is 6.54 Å². The van der Waals surface area contributed by atoms with Crippen LogP contribution >= 0.6 is 22.9 Å². The zero-order valence-electron chi connectivity index (χ0n) is 12.4. The summed E-state index contributed by atoms with van der Waals surface area (Å²) in [4.78, 5) is 1.33. The van der Waals surface area contributed by atoms with Gasteiger partial charge in [-0.05, 0) is 62.1 Å². The lowest BCUT2D eigenvalue weighted by atomic mass is 9.95. The lowest BCUT2D eigenvalue weighted by Crippen LogP contribution is -2.23. The first kappa shape index (κ1) is 15.6. The average molecular weight is 308 g/mol. The van der Waals surface area contributed by atoms with Crippen LogP contribution in [0.2, 0.25) is 4.34 Å². The number of nitrogens with one attached hydrogen (secondary N) is 1. The van der Waals surface area contributed by atoms with Crippen LogP contribution in [-0.2, 0) is 6.42 Å². The first-order valence-electron chi connectivity index (χ1n) is 7.15. The average Bonchev–Trinajstić information content (AvgIpc) is 2.84. The van der Waals surface area contributed by atoms with Crippen LogP contribution in [0.25, 0.3) is 0 Å². The summed E-state index contributed by atoms with van der Waals surface area (Å²) in [7, 11) is 0. The maximum Gasteiger partial charge on any atom is 0.0931 e. The van der Waals surface area contributed by atoms with Crippen molar-refractivity contribution in [2.45, 2.75) is 39.7 Å². The molecule has 0 aliphatic rings. The van der Waals surface area contributed by atoms with E-state index in [9.17, 15) is 0 Å². The van der Waals surface area contributed by atoms with Crippen LogP contribution in [0.15, 0.2) is 30.3 Å². The summed E-state index contributed by atoms with van der Waals surface area (Å²) in [5, 5.41) is 3.65. The van der Waals surface area contributed by atoms with Crippen LogP contribution < -0.4 is 5.32 Å². The molecule has 1 aromatic carbocycles. The normalized spacial score (nSPS) is 12.6. The number of hydrogen-bond donors (Lipinski definition) is 1. The fourth-order valence-electron chi connectivity index (χ4n) is 2.48. The molecule has 1 nitrogen and oxygen atoms in total. The molecule has 0 saturated carbocycles. The predicted octanol–water partition coefficient (Wildman–Crippen LogP) is 5.30. The van der Waals surface area contributed by atoms with Gasteiger partial charge in [0.05, 0.1) is 4.34 Å². The van der Waals surface area contributed by atoms with E-state index in [0.717, 1.165) is 23.7 Å². The number of hydrogen-bond acceptors (Lipinski definition) is 2. The molecule has 20 heavy (non-hydrogen) atoms. The van der Waals surface area contributed by atoms with Gasteiger partial charge in [-0.25, -0.2) is 0 Å². The van der Waals surface area contributed by atoms with Gasteiger partial charge in [-0.1, -0.05) is 36.7 Å². The van der Waals surface area contributed by atoms with Crippen molar-refractivity contribution in [2.24, 2.45) is 0 Å². The first-order valence-corrected chi connectivity index (χ1v) is 8.35. The molecule has 0 amide bonds. The minimum atomic E-state index is 0.354. The predicted molar refractivity (Wildman–Crippen MR) is 90.0 cm³/mol. The minimum Gasteiger partial charge on any atom is -0.309 e. The van der Waals surface area contributed by atoms with Crippen molar-refractivity contribution in [1.29, 1.82) is 0 Å². The van der Waals surface area contributed by atoms with Crippen molar-refractivity contribution < 1.29 is 0 Å². The van der Waals surface area contributed by atoms with Crippen molar-refractivity contribution in [3.05, 3.63) is 56.2 Å². The minimum absolute atomic E-state index is 0.354. The quantitative estimate of drug-likeness (QED) is 0.763. The Kier molecular flexibility index (Phi) is 5.64. The second-order valence-electron chi connectivity index (χ2n) is 5.22. The second kappa shape index (κ2) is 7.26. The first-order chi connectivity index (χ1) is 9.61. The molecule has 1 aromatic heterocycles. The van der Waals surface area contributed by atoms with Gasteiger partial charge in [-0.3, -0.25) is 0 Å². The third-order valence-electron chi connectivity index (χ3n) is 3.63. The lowest BCUT2D eigenvalue weighted by Gasteiger charge is -2.20. The molecule has 0 spiro atoms. The van der Waals surface area contributed by atoms with Crippen molar-refractivity contribution in [2.75, 3.05) is 6.54 Å². The van der Waals surface area contributed by atoms with Gasteiger partial charge in [0, 0.05) is 10.9 Å². The molecule has 0 saturated heterocycles. The smallest absolute Gasteiger partial charge is 0.0931 e. The number of benzene rings is 1. The highest BCUT2D eigenvalue weighted by atomic mass is 35.5. The van der Waals surface area contributed by atoms with E-state index in [2.05, 4.69) is 50.4 Å². The van der Waals surface area contributed by atoms with E-state index in [1.807, 2.05) is 6.07 Å². The second-order valence-corrected chi connectivity index (χ2v) is 6.97. The highest BCUT2D eigenvalue weighted by molar-refractivity contribution is 7.16. The molecule has 2 aromatic rings. The molecule has 1 unspecified atom stereocenters. The summed E-state index contributed by atoms with van der Waals surface area (Å²) < 4.78 is 0.866. The van der Waals surface area contributed by atoms with Gasteiger partial charge < -0.3 is 5.32 Å². The molecular formula is C17H22ClNS. The molecule has 0 radical (unpaired) electrons. The van der Waals surface area contributed by atoms with Gasteiger partial charge >= 0.3 is 0 Å². The maximum absolute atomic E-state index is 6.09. The summed E-state index contributed by atoms with van der Waals surface area (Å²) >= 11 is 7.77. The Morgan fingerprint density at radius 3 is 2.40 bits per heavy atom. The Balaban J connectivity index is 2.23. The van der Waals surface area contributed by atoms with E-state index in [0.29, 0.717) is 6.04 Å². The van der Waals surface area contributed by atoms with Gasteiger partial charge in [0.25, 0.3) is 0 Å². The molecular weight excluding hydrogens is 286 g/mol. The van der Waals surface area contributed by atoms with Crippen LogP contribution in [0, 0.1) is 13.8 Å². The SMILES string of the molecule is CCCNC(Cc1c(C)cccc1C)c1ccc(Cl)s1. The van der Waals surface area contributed by atoms with Crippen molar-refractivity contribution >= 4 is 22.9 Å². The third kappa shape index (κ3) is 3.85. The molecule has 0 aliphatic carbocycles. The molecule has 0 aliphatic heterocycles. The molecule has 1 atom stereocenters. The van der Waals surface area contributed by atoms with Gasteiger partial charge in [0.2, 0.25) is 0 Å². The van der Waals surface area contributed by atoms with E-state index in [1.165, 1.54) is 21.6 Å². The van der Waals surface area contributed by atoms with Crippen LogP contribution in [0.3, 0.4) is 0 Å². The molecule has 1 N–H and O–H groups in total. The number of rotatable bonds is 6. The van der Waals surface area contributed by atoms with E-state index in [-0.39, 0.29) is 0 Å². The molecule has 2 rings (SSSR count). The Labute approximate surface area is 131 Å². The topological polar surface area (TPSA) is 12.0 Å². The standard InChI is InChI=1S/C17H22ClNS/c1-4-10-19-15(16-8-9-17(18)20-16)11-14-12(2)6-5-7-13(14)3/h5-9,15,19H,4,10-11H2,1-3H3. The van der Waals surface area contributed by atoms with Gasteiger partial charge in [0.15, 0.2) is 0 Å². The van der Waals surface area contributed by atoms with Crippen molar-refractivity contribution in [3.63, 3.8) is 0 Å². The molecule has 0 fully saturated rings. The van der Waals surface area contributed by atoms with Crippen molar-refractivity contribution in [1.82, 2.24) is 5.32 Å². The monoisotopic (exact) mass is 307 g/mol. The van der Waals surface area contributed by atoms with E-state index in [4.69, 9.17) is 11.6 Å². The fraction of sp³-hybridized carbons (Fsp3) is 0.412. The Bertz CT molecular complexity index is 542. The molecule has 1 heterocycles. The van der Waals surface area contributed by atoms with Crippen LogP contribution in [0.1, 0.15) is 41.0 Å². The van der Waals surface area contributed by atoms with Crippen LogP contribution in [0.4, 0.5) is 0 Å². The molecule has 108 valence electrons. The Morgan fingerprint density at radius 1 is 1.15 bits per heavy atom. The Morgan fingerprint density at radius 2 is 1.85 bits per heavy atom. The third-order valence-corrected chi connectivity index (χ3v) is 4.98. The van der Waals surface area contributed by atoms with Gasteiger partial charge in [-0.15, -0.1) is 11.3 Å². The molecule has 0 bridgehead atoms. The number of thiophene rings is 1. The zero-order valence-corrected chi connectivity index (χ0v) is 13.9. The zero-order chi connectivity index (χ0) is 14.5. The van der Waals surface area contributed by atoms with E-state index < -0.39 is 0 Å². The fourth-order valence-corrected chi connectivity index (χ4v) is 3.62. The molecule has 3 heteroatoms. The summed E-state index contributed by atoms with van der Waals surface area (Å²) in [5.74, 6) is 0. The lowest BCUT2D eigenvalue weighted by molar-refractivity contribution is 0.535. The van der Waals surface area contributed by atoms with Gasteiger partial charge in [0.1, 0.15) is 0 Å². The number of halogens is 1. The highest BCUT2D eigenvalue weighted by Gasteiger charge is 2.16. The highest BCUT2D eigenvalue weighted by Crippen LogP contribution is 2.30. The van der Waals surface area contributed by atoms with Crippen molar-refractivity contribution in [3.8, 4) is 0 Å². The van der Waals surface area contributed by atoms with E-state index in [1.54, 1.807) is 11.3 Å². The summed E-state index contributed by atoms with van der Waals surface area (Å²) in [6.45, 7) is 7.62. The largest absolute Gasteiger partial charge is 0.309 e. The van der Waals surface area contributed by atoms with Gasteiger partial charge in [-0.2, -0.15) is 0 Å². The maximum atomic E-state index is 6.09.